The van der Waals surface area contributed by atoms with Gasteiger partial charge in [0.1, 0.15) is 0 Å². The van der Waals surface area contributed by atoms with Gasteiger partial charge in [0.05, 0.1) is 18.0 Å². The van der Waals surface area contributed by atoms with Crippen LogP contribution in [0.3, 0.4) is 0 Å². The third kappa shape index (κ3) is 3.63. The standard InChI is InChI=1S/C15H22N2O2/c1-10(2)9-19-15(18)17-13-6-4-5-12-8-7-11(3)16-14(12)13/h4-6,10-11,16H,7-9H2,1-3H3,(H,17,18). The van der Waals surface area contributed by atoms with Crippen LogP contribution in [0.15, 0.2) is 18.2 Å². The predicted molar refractivity (Wildman–Crippen MR) is 77.7 cm³/mol. The molecular weight excluding hydrogens is 240 g/mol. The molecule has 0 bridgehead atoms. The molecule has 2 rings (SSSR count). The molecule has 1 atom stereocenters. The van der Waals surface area contributed by atoms with Gasteiger partial charge in [0.15, 0.2) is 0 Å². The predicted octanol–water partition coefficient (Wildman–Crippen LogP) is 3.64. The van der Waals surface area contributed by atoms with Crippen molar-refractivity contribution in [2.24, 2.45) is 5.92 Å². The minimum Gasteiger partial charge on any atom is -0.449 e. The van der Waals surface area contributed by atoms with Crippen molar-refractivity contribution in [2.75, 3.05) is 17.2 Å². The summed E-state index contributed by atoms with van der Waals surface area (Å²) < 4.78 is 5.15. The Morgan fingerprint density at radius 2 is 2.32 bits per heavy atom. The molecule has 0 spiro atoms. The molecule has 4 heteroatoms. The van der Waals surface area contributed by atoms with E-state index in [-0.39, 0.29) is 6.09 Å². The van der Waals surface area contributed by atoms with Crippen LogP contribution in [0.2, 0.25) is 0 Å². The molecule has 104 valence electrons. The van der Waals surface area contributed by atoms with E-state index in [4.69, 9.17) is 4.74 Å². The van der Waals surface area contributed by atoms with Gasteiger partial charge in [-0.2, -0.15) is 0 Å². The van der Waals surface area contributed by atoms with Gasteiger partial charge in [0.25, 0.3) is 0 Å². The van der Waals surface area contributed by atoms with Crippen LogP contribution in [0.1, 0.15) is 32.8 Å². The second-order valence-corrected chi connectivity index (χ2v) is 5.54. The maximum absolute atomic E-state index is 11.7. The summed E-state index contributed by atoms with van der Waals surface area (Å²) in [4.78, 5) is 11.7. The Morgan fingerprint density at radius 3 is 3.05 bits per heavy atom. The van der Waals surface area contributed by atoms with Gasteiger partial charge < -0.3 is 10.1 Å². The van der Waals surface area contributed by atoms with Crippen LogP contribution in [0.5, 0.6) is 0 Å². The van der Waals surface area contributed by atoms with Crippen LogP contribution in [0, 0.1) is 5.92 Å². The molecule has 19 heavy (non-hydrogen) atoms. The summed E-state index contributed by atoms with van der Waals surface area (Å²) >= 11 is 0. The Bertz CT molecular complexity index is 457. The molecule has 0 fully saturated rings. The first-order valence-electron chi connectivity index (χ1n) is 6.88. The third-order valence-corrected chi connectivity index (χ3v) is 3.17. The number of para-hydroxylation sites is 1. The Hall–Kier alpha value is -1.71. The molecule has 4 nitrogen and oxygen atoms in total. The summed E-state index contributed by atoms with van der Waals surface area (Å²) in [6.45, 7) is 6.61. The fourth-order valence-electron chi connectivity index (χ4n) is 2.16. The fraction of sp³-hybridized carbons (Fsp3) is 0.533. The van der Waals surface area contributed by atoms with Crippen molar-refractivity contribution in [1.29, 1.82) is 0 Å². The highest BCUT2D eigenvalue weighted by molar-refractivity contribution is 5.90. The van der Waals surface area contributed by atoms with E-state index in [1.54, 1.807) is 0 Å². The zero-order valence-corrected chi connectivity index (χ0v) is 11.8. The number of rotatable bonds is 3. The van der Waals surface area contributed by atoms with Crippen molar-refractivity contribution < 1.29 is 9.53 Å². The molecule has 0 aromatic heterocycles. The molecule has 1 aliphatic heterocycles. The maximum atomic E-state index is 11.7. The first kappa shape index (κ1) is 13.7. The van der Waals surface area contributed by atoms with Crippen molar-refractivity contribution in [1.82, 2.24) is 0 Å². The summed E-state index contributed by atoms with van der Waals surface area (Å²) in [6, 6.07) is 6.40. The molecule has 1 amide bonds. The highest BCUT2D eigenvalue weighted by Gasteiger charge is 2.18. The van der Waals surface area contributed by atoms with Crippen LogP contribution >= 0.6 is 0 Å². The molecule has 0 saturated carbocycles. The fourth-order valence-corrected chi connectivity index (χ4v) is 2.16. The number of carbonyl (C=O) groups excluding carboxylic acids is 1. The molecule has 1 aliphatic rings. The molecule has 2 N–H and O–H groups in total. The van der Waals surface area contributed by atoms with Gasteiger partial charge in [-0.25, -0.2) is 4.79 Å². The summed E-state index contributed by atoms with van der Waals surface area (Å²) in [5.41, 5.74) is 3.08. The topological polar surface area (TPSA) is 50.4 Å². The minimum atomic E-state index is -0.387. The van der Waals surface area contributed by atoms with Crippen LogP contribution in [-0.2, 0) is 11.2 Å². The number of benzene rings is 1. The largest absolute Gasteiger partial charge is 0.449 e. The summed E-state index contributed by atoms with van der Waals surface area (Å²) in [6.07, 6.45) is 1.77. The van der Waals surface area contributed by atoms with E-state index in [1.807, 2.05) is 26.0 Å². The van der Waals surface area contributed by atoms with Gasteiger partial charge in [-0.3, -0.25) is 5.32 Å². The Kier molecular flexibility index (Phi) is 4.30. The average Bonchev–Trinajstić information content (AvgIpc) is 2.37. The molecule has 1 aromatic carbocycles. The summed E-state index contributed by atoms with van der Waals surface area (Å²) in [5, 5.41) is 6.25. The third-order valence-electron chi connectivity index (χ3n) is 3.17. The zero-order chi connectivity index (χ0) is 13.8. The lowest BCUT2D eigenvalue weighted by Gasteiger charge is -2.26. The Morgan fingerprint density at radius 1 is 1.53 bits per heavy atom. The normalized spacial score (nSPS) is 17.6. The molecule has 1 aromatic rings. The number of hydrogen-bond donors (Lipinski definition) is 2. The number of nitrogens with one attached hydrogen (secondary N) is 2. The molecule has 1 heterocycles. The summed E-state index contributed by atoms with van der Waals surface area (Å²) in [7, 11) is 0. The Labute approximate surface area is 114 Å². The van der Waals surface area contributed by atoms with E-state index < -0.39 is 0 Å². The van der Waals surface area contributed by atoms with E-state index in [0.717, 1.165) is 24.2 Å². The van der Waals surface area contributed by atoms with Crippen molar-refractivity contribution in [2.45, 2.75) is 39.7 Å². The van der Waals surface area contributed by atoms with Crippen molar-refractivity contribution in [3.63, 3.8) is 0 Å². The number of amides is 1. The van der Waals surface area contributed by atoms with Gasteiger partial charge >= 0.3 is 6.09 Å². The van der Waals surface area contributed by atoms with Crippen molar-refractivity contribution in [3.8, 4) is 0 Å². The smallest absolute Gasteiger partial charge is 0.411 e. The first-order valence-corrected chi connectivity index (χ1v) is 6.88. The van der Waals surface area contributed by atoms with E-state index in [9.17, 15) is 4.79 Å². The molecule has 0 aliphatic carbocycles. The quantitative estimate of drug-likeness (QED) is 0.874. The van der Waals surface area contributed by atoms with Crippen LogP contribution in [0.25, 0.3) is 0 Å². The van der Waals surface area contributed by atoms with Gasteiger partial charge in [0, 0.05) is 6.04 Å². The second-order valence-electron chi connectivity index (χ2n) is 5.54. The van der Waals surface area contributed by atoms with E-state index >= 15 is 0 Å². The van der Waals surface area contributed by atoms with Gasteiger partial charge in [0.2, 0.25) is 0 Å². The van der Waals surface area contributed by atoms with Gasteiger partial charge in [-0.05, 0) is 37.3 Å². The molecular formula is C15H22N2O2. The second kappa shape index (κ2) is 5.95. The van der Waals surface area contributed by atoms with Gasteiger partial charge in [-0.15, -0.1) is 0 Å². The lowest BCUT2D eigenvalue weighted by molar-refractivity contribution is 0.147. The van der Waals surface area contributed by atoms with Crippen molar-refractivity contribution in [3.05, 3.63) is 23.8 Å². The van der Waals surface area contributed by atoms with E-state index in [0.29, 0.717) is 18.6 Å². The number of hydrogen-bond acceptors (Lipinski definition) is 3. The van der Waals surface area contributed by atoms with E-state index in [1.165, 1.54) is 5.56 Å². The highest BCUT2D eigenvalue weighted by atomic mass is 16.5. The lowest BCUT2D eigenvalue weighted by atomic mass is 9.98. The van der Waals surface area contributed by atoms with E-state index in [2.05, 4.69) is 23.6 Å². The summed E-state index contributed by atoms with van der Waals surface area (Å²) in [5.74, 6) is 0.341. The van der Waals surface area contributed by atoms with Crippen LogP contribution in [0.4, 0.5) is 16.2 Å². The molecule has 0 saturated heterocycles. The lowest BCUT2D eigenvalue weighted by Crippen LogP contribution is -2.24. The Balaban J connectivity index is 2.06. The number of ether oxygens (including phenoxy) is 1. The maximum Gasteiger partial charge on any atom is 0.411 e. The van der Waals surface area contributed by atoms with Gasteiger partial charge in [-0.1, -0.05) is 26.0 Å². The SMILES string of the molecule is CC(C)COC(=O)Nc1cccc2c1NC(C)CC2. The monoisotopic (exact) mass is 262 g/mol. The molecule has 0 radical (unpaired) electrons. The minimum absolute atomic E-state index is 0.341. The first-order chi connectivity index (χ1) is 9.06. The number of fused-ring (bicyclic) bond motifs is 1. The highest BCUT2D eigenvalue weighted by Crippen LogP contribution is 2.32. The van der Waals surface area contributed by atoms with Crippen molar-refractivity contribution >= 4 is 17.5 Å². The average molecular weight is 262 g/mol. The number of aryl methyl sites for hydroxylation is 1. The van der Waals surface area contributed by atoms with Crippen LogP contribution in [-0.4, -0.2) is 18.7 Å². The molecule has 1 unspecified atom stereocenters. The zero-order valence-electron chi connectivity index (χ0n) is 11.8. The van der Waals surface area contributed by atoms with Crippen LogP contribution < -0.4 is 10.6 Å². The number of anilines is 2. The number of carbonyl (C=O) groups is 1.